The summed E-state index contributed by atoms with van der Waals surface area (Å²) in [7, 11) is -7.05. The van der Waals surface area contributed by atoms with Gasteiger partial charge in [0.15, 0.2) is 0 Å². The van der Waals surface area contributed by atoms with E-state index in [1.807, 2.05) is 0 Å². The second kappa shape index (κ2) is 15.2. The normalized spacial score (nSPS) is 16.4. The van der Waals surface area contributed by atoms with Crippen LogP contribution < -0.4 is 0 Å². The summed E-state index contributed by atoms with van der Waals surface area (Å²) in [6.07, 6.45) is -0.934. The van der Waals surface area contributed by atoms with Crippen LogP contribution in [0.4, 0.5) is 0 Å². The summed E-state index contributed by atoms with van der Waals surface area (Å²) in [6.45, 7) is 4.44. The molecule has 2 atom stereocenters. The predicted molar refractivity (Wildman–Crippen MR) is 95.6 cm³/mol. The van der Waals surface area contributed by atoms with Crippen LogP contribution in [0.25, 0.3) is 0 Å². The molecule has 0 spiro atoms. The summed E-state index contributed by atoms with van der Waals surface area (Å²) in [5.74, 6) is 0. The first-order chi connectivity index (χ1) is 12.1. The summed E-state index contributed by atoms with van der Waals surface area (Å²) >= 11 is 0. The summed E-state index contributed by atoms with van der Waals surface area (Å²) in [5, 5.41) is 9.47. The number of rotatable bonds is 18. The first-order valence-electron chi connectivity index (χ1n) is 8.13. The van der Waals surface area contributed by atoms with Gasteiger partial charge in [-0.25, -0.2) is 0 Å². The van der Waals surface area contributed by atoms with E-state index in [1.54, 1.807) is 0 Å². The molecule has 0 aliphatic rings. The Morgan fingerprint density at radius 1 is 0.846 bits per heavy atom. The first-order valence-corrected chi connectivity index (χ1v) is 12.5. The van der Waals surface area contributed by atoms with Gasteiger partial charge in [0.1, 0.15) is 0 Å². The third-order valence-electron chi connectivity index (χ3n) is 2.53. The van der Waals surface area contributed by atoms with Gasteiger partial charge in [-0.15, -0.1) is 0 Å². The summed E-state index contributed by atoms with van der Waals surface area (Å²) < 4.78 is 41.0. The van der Waals surface area contributed by atoms with Crippen molar-refractivity contribution in [3.63, 3.8) is 0 Å². The van der Waals surface area contributed by atoms with Gasteiger partial charge < -0.3 is 14.2 Å². The SMILES string of the molecule is CP(=O)(O)OCCOCCOCCOCCOCC(O)CO[PH](C)(O)O. The van der Waals surface area contributed by atoms with Crippen LogP contribution in [0.3, 0.4) is 0 Å². The first kappa shape index (κ1) is 26.3. The average Bonchev–Trinajstić information content (AvgIpc) is 2.51. The Morgan fingerprint density at radius 2 is 1.27 bits per heavy atom. The second-order valence-electron chi connectivity index (χ2n) is 5.45. The molecule has 0 amide bonds. The van der Waals surface area contributed by atoms with Crippen molar-refractivity contribution >= 4 is 15.5 Å². The molecule has 0 saturated heterocycles. The monoisotopic (exact) mass is 426 g/mol. The fourth-order valence-electron chi connectivity index (χ4n) is 1.45. The number of aliphatic hydroxyl groups is 1. The Kier molecular flexibility index (Phi) is 15.4. The molecule has 13 heteroatoms. The quantitative estimate of drug-likeness (QED) is 0.164. The van der Waals surface area contributed by atoms with Gasteiger partial charge in [-0.2, -0.15) is 0 Å². The van der Waals surface area contributed by atoms with Crippen LogP contribution >= 0.6 is 15.5 Å². The Morgan fingerprint density at radius 3 is 1.69 bits per heavy atom. The maximum absolute atomic E-state index is 10.8. The van der Waals surface area contributed by atoms with Crippen molar-refractivity contribution < 1.29 is 52.3 Å². The molecule has 0 aromatic rings. The van der Waals surface area contributed by atoms with Crippen LogP contribution in [0.1, 0.15) is 0 Å². The van der Waals surface area contributed by atoms with E-state index in [4.69, 9.17) is 38.2 Å². The standard InChI is InChI=1S/C13H32O11P2/c1-25(15,16)23-10-9-21-6-5-19-3-4-20-7-8-22-11-13(14)12-24-26(2,17)18/h13-14,17-18,26H,3-12H2,1-2H3,(H,15,16). The van der Waals surface area contributed by atoms with E-state index in [2.05, 4.69) is 4.52 Å². The zero-order chi connectivity index (χ0) is 19.9. The maximum atomic E-state index is 10.8. The molecule has 4 N–H and O–H groups in total. The zero-order valence-electron chi connectivity index (χ0n) is 15.2. The van der Waals surface area contributed by atoms with Crippen molar-refractivity contribution in [1.82, 2.24) is 0 Å². The Bertz CT molecular complexity index is 372. The molecule has 2 unspecified atom stereocenters. The van der Waals surface area contributed by atoms with Crippen molar-refractivity contribution in [3.05, 3.63) is 0 Å². The number of aliphatic hydroxyl groups excluding tert-OH is 1. The molecule has 0 aromatic heterocycles. The van der Waals surface area contributed by atoms with Gasteiger partial charge in [-0.1, -0.05) is 0 Å². The minimum absolute atomic E-state index is 0.00909. The molecule has 0 rings (SSSR count). The van der Waals surface area contributed by atoms with Crippen molar-refractivity contribution in [3.8, 4) is 0 Å². The average molecular weight is 426 g/mol. The molecular formula is C13H32O11P2. The molecule has 0 bridgehead atoms. The van der Waals surface area contributed by atoms with Crippen LogP contribution in [-0.2, 0) is 32.6 Å². The number of hydrogen-bond acceptors (Lipinski definition) is 10. The van der Waals surface area contributed by atoms with Crippen LogP contribution in [0.2, 0.25) is 0 Å². The van der Waals surface area contributed by atoms with Gasteiger partial charge in [-0.05, 0) is 0 Å². The van der Waals surface area contributed by atoms with Crippen molar-refractivity contribution in [1.29, 1.82) is 0 Å². The Labute approximate surface area is 154 Å². The van der Waals surface area contributed by atoms with Crippen LogP contribution in [0, 0.1) is 0 Å². The van der Waals surface area contributed by atoms with E-state index in [9.17, 15) is 9.67 Å². The van der Waals surface area contributed by atoms with E-state index in [1.165, 1.54) is 6.66 Å². The van der Waals surface area contributed by atoms with Gasteiger partial charge >= 0.3 is 108 Å². The molecule has 0 aliphatic heterocycles. The van der Waals surface area contributed by atoms with E-state index in [0.29, 0.717) is 33.0 Å². The van der Waals surface area contributed by atoms with Crippen LogP contribution in [0.5, 0.6) is 0 Å². The van der Waals surface area contributed by atoms with Gasteiger partial charge in [-0.3, -0.25) is 4.57 Å². The number of ether oxygens (including phenoxy) is 4. The topological polar surface area (TPSA) is 153 Å². The van der Waals surface area contributed by atoms with Crippen molar-refractivity contribution in [2.45, 2.75) is 6.10 Å². The molecule has 0 fully saturated rings. The van der Waals surface area contributed by atoms with Gasteiger partial charge in [0.2, 0.25) is 0 Å². The minimum atomic E-state index is -3.60. The van der Waals surface area contributed by atoms with Gasteiger partial charge in [0.25, 0.3) is 0 Å². The molecule has 26 heavy (non-hydrogen) atoms. The molecular weight excluding hydrogens is 394 g/mol. The van der Waals surface area contributed by atoms with Crippen molar-refractivity contribution in [2.24, 2.45) is 0 Å². The Hall–Kier alpha value is 0.260. The molecule has 0 aromatic carbocycles. The van der Waals surface area contributed by atoms with Crippen molar-refractivity contribution in [2.75, 3.05) is 79.4 Å². The fraction of sp³-hybridized carbons (Fsp3) is 1.00. The summed E-state index contributed by atoms with van der Waals surface area (Å²) in [4.78, 5) is 26.9. The predicted octanol–water partition coefficient (Wildman–Crippen LogP) is -0.629. The van der Waals surface area contributed by atoms with E-state index < -0.39 is 21.6 Å². The molecule has 0 heterocycles. The third kappa shape index (κ3) is 22.3. The second-order valence-corrected chi connectivity index (χ2v) is 9.47. The molecule has 160 valence electrons. The summed E-state index contributed by atoms with van der Waals surface area (Å²) in [5.41, 5.74) is 0. The van der Waals surface area contributed by atoms with Crippen LogP contribution in [-0.4, -0.2) is 105 Å². The fourth-order valence-corrected chi connectivity index (χ4v) is 2.37. The summed E-state index contributed by atoms with van der Waals surface area (Å²) in [6, 6.07) is 0. The molecule has 11 nitrogen and oxygen atoms in total. The van der Waals surface area contributed by atoms with Crippen LogP contribution in [0.15, 0.2) is 0 Å². The Balaban J connectivity index is 3.21. The molecule has 0 saturated carbocycles. The third-order valence-corrected chi connectivity index (χ3v) is 3.91. The number of hydrogen-bond donors (Lipinski definition) is 4. The molecule has 0 aliphatic carbocycles. The van der Waals surface area contributed by atoms with E-state index >= 15 is 0 Å². The van der Waals surface area contributed by atoms with Gasteiger partial charge in [0.05, 0.1) is 19.8 Å². The van der Waals surface area contributed by atoms with E-state index in [-0.39, 0.29) is 33.0 Å². The molecule has 0 radical (unpaired) electrons. The van der Waals surface area contributed by atoms with E-state index in [0.717, 1.165) is 6.66 Å². The zero-order valence-corrected chi connectivity index (χ0v) is 17.1. The van der Waals surface area contributed by atoms with Gasteiger partial charge in [0, 0.05) is 6.66 Å².